The first-order chi connectivity index (χ1) is 9.65. The van der Waals surface area contributed by atoms with Crippen LogP contribution in [-0.2, 0) is 6.54 Å². The number of rotatable bonds is 6. The van der Waals surface area contributed by atoms with Gasteiger partial charge in [-0.1, -0.05) is 36.2 Å². The Morgan fingerprint density at radius 2 is 1.85 bits per heavy atom. The van der Waals surface area contributed by atoms with Crippen molar-refractivity contribution in [3.05, 3.63) is 52.8 Å². The average Bonchev–Trinajstić information content (AvgIpc) is 2.86. The normalized spacial score (nSPS) is 12.6. The molecule has 1 aromatic carbocycles. The van der Waals surface area contributed by atoms with Crippen LogP contribution in [0.15, 0.2) is 30.5 Å². The maximum absolute atomic E-state index is 4.41. The van der Waals surface area contributed by atoms with Crippen LogP contribution in [0.5, 0.6) is 0 Å². The largest absolute Gasteiger partial charge is 0.305 e. The maximum Gasteiger partial charge on any atom is 0.0748 e. The second-order valence-corrected chi connectivity index (χ2v) is 5.38. The van der Waals surface area contributed by atoms with Crippen LogP contribution >= 0.6 is 0 Å². The summed E-state index contributed by atoms with van der Waals surface area (Å²) in [6.45, 7) is 10.6. The Kier molecular flexibility index (Phi) is 4.96. The predicted octanol–water partition coefficient (Wildman–Crippen LogP) is 3.61. The predicted molar refractivity (Wildman–Crippen MR) is 84.0 cm³/mol. The summed E-state index contributed by atoms with van der Waals surface area (Å²) >= 11 is 0. The molecule has 20 heavy (non-hydrogen) atoms. The maximum atomic E-state index is 4.41. The van der Waals surface area contributed by atoms with Gasteiger partial charge in [-0.3, -0.25) is 4.68 Å². The standard InChI is InChI=1S/C17H25N3/c1-5-8-18-17(16-7-9-19-20(16)6-2)15-11-13(3)10-14(4)12-15/h7,9-12,17-18H,5-6,8H2,1-4H3. The Bertz CT molecular complexity index is 537. The molecule has 0 aliphatic carbocycles. The van der Waals surface area contributed by atoms with Gasteiger partial charge in [-0.25, -0.2) is 0 Å². The van der Waals surface area contributed by atoms with Crippen LogP contribution in [-0.4, -0.2) is 16.3 Å². The molecule has 0 bridgehead atoms. The van der Waals surface area contributed by atoms with Crippen LogP contribution in [0.4, 0.5) is 0 Å². The average molecular weight is 271 g/mol. The van der Waals surface area contributed by atoms with Gasteiger partial charge in [-0.05, 0) is 45.4 Å². The lowest BCUT2D eigenvalue weighted by molar-refractivity contribution is 0.529. The minimum atomic E-state index is 0.219. The molecule has 3 heteroatoms. The summed E-state index contributed by atoms with van der Waals surface area (Å²) in [6, 6.07) is 9.10. The first-order valence-corrected chi connectivity index (χ1v) is 7.49. The van der Waals surface area contributed by atoms with Gasteiger partial charge in [0.2, 0.25) is 0 Å². The first-order valence-electron chi connectivity index (χ1n) is 7.49. The third-order valence-corrected chi connectivity index (χ3v) is 3.52. The fraction of sp³-hybridized carbons (Fsp3) is 0.471. The van der Waals surface area contributed by atoms with Gasteiger partial charge in [0.05, 0.1) is 11.7 Å². The molecule has 2 aromatic rings. The molecule has 0 fully saturated rings. The van der Waals surface area contributed by atoms with Crippen molar-refractivity contribution in [2.75, 3.05) is 6.54 Å². The van der Waals surface area contributed by atoms with Gasteiger partial charge in [-0.15, -0.1) is 0 Å². The molecule has 0 saturated carbocycles. The third-order valence-electron chi connectivity index (χ3n) is 3.52. The summed E-state index contributed by atoms with van der Waals surface area (Å²) in [5.74, 6) is 0. The van der Waals surface area contributed by atoms with E-state index in [1.54, 1.807) is 0 Å². The van der Waals surface area contributed by atoms with E-state index in [0.717, 1.165) is 19.5 Å². The number of hydrogen-bond donors (Lipinski definition) is 1. The van der Waals surface area contributed by atoms with Crippen molar-refractivity contribution in [1.82, 2.24) is 15.1 Å². The fourth-order valence-corrected chi connectivity index (χ4v) is 2.71. The van der Waals surface area contributed by atoms with Crippen LogP contribution in [0.25, 0.3) is 0 Å². The Morgan fingerprint density at radius 3 is 2.45 bits per heavy atom. The molecule has 1 heterocycles. The lowest BCUT2D eigenvalue weighted by Crippen LogP contribution is -2.26. The minimum Gasteiger partial charge on any atom is -0.305 e. The van der Waals surface area contributed by atoms with E-state index in [2.05, 4.69) is 67.1 Å². The van der Waals surface area contributed by atoms with Crippen molar-refractivity contribution >= 4 is 0 Å². The Morgan fingerprint density at radius 1 is 1.15 bits per heavy atom. The summed E-state index contributed by atoms with van der Waals surface area (Å²) in [5.41, 5.74) is 5.19. The van der Waals surface area contributed by atoms with Crippen LogP contribution in [0.2, 0.25) is 0 Å². The first kappa shape index (κ1) is 14.8. The Labute approximate surface area is 122 Å². The Hall–Kier alpha value is -1.61. The summed E-state index contributed by atoms with van der Waals surface area (Å²) in [7, 11) is 0. The topological polar surface area (TPSA) is 29.9 Å². The van der Waals surface area contributed by atoms with E-state index in [-0.39, 0.29) is 6.04 Å². The number of hydrogen-bond acceptors (Lipinski definition) is 2. The summed E-state index contributed by atoms with van der Waals surface area (Å²) in [4.78, 5) is 0. The second-order valence-electron chi connectivity index (χ2n) is 5.38. The molecule has 1 N–H and O–H groups in total. The highest BCUT2D eigenvalue weighted by molar-refractivity contribution is 5.34. The van der Waals surface area contributed by atoms with Crippen LogP contribution < -0.4 is 5.32 Å². The third kappa shape index (κ3) is 3.28. The quantitative estimate of drug-likeness (QED) is 0.870. The molecule has 0 amide bonds. The number of aromatic nitrogens is 2. The summed E-state index contributed by atoms with van der Waals surface area (Å²) < 4.78 is 2.07. The van der Waals surface area contributed by atoms with E-state index in [4.69, 9.17) is 0 Å². The van der Waals surface area contributed by atoms with Gasteiger partial charge >= 0.3 is 0 Å². The number of benzene rings is 1. The van der Waals surface area contributed by atoms with E-state index in [1.165, 1.54) is 22.4 Å². The van der Waals surface area contributed by atoms with Gasteiger partial charge in [0.15, 0.2) is 0 Å². The molecule has 3 nitrogen and oxygen atoms in total. The molecule has 0 radical (unpaired) electrons. The molecule has 0 aliphatic heterocycles. The minimum absolute atomic E-state index is 0.219. The molecular formula is C17H25N3. The molecule has 1 aromatic heterocycles. The van der Waals surface area contributed by atoms with Gasteiger partial charge in [0.25, 0.3) is 0 Å². The van der Waals surface area contributed by atoms with Crippen LogP contribution in [0.3, 0.4) is 0 Å². The fourth-order valence-electron chi connectivity index (χ4n) is 2.71. The smallest absolute Gasteiger partial charge is 0.0748 e. The zero-order valence-electron chi connectivity index (χ0n) is 13.0. The van der Waals surface area contributed by atoms with E-state index in [0.29, 0.717) is 0 Å². The molecular weight excluding hydrogens is 246 g/mol. The van der Waals surface area contributed by atoms with Crippen LogP contribution in [0.1, 0.15) is 48.7 Å². The highest BCUT2D eigenvalue weighted by atomic mass is 15.3. The Balaban J connectivity index is 2.41. The van der Waals surface area contributed by atoms with Crippen molar-refractivity contribution in [1.29, 1.82) is 0 Å². The van der Waals surface area contributed by atoms with Crippen molar-refractivity contribution in [3.63, 3.8) is 0 Å². The lowest BCUT2D eigenvalue weighted by Gasteiger charge is -2.21. The molecule has 2 rings (SSSR count). The van der Waals surface area contributed by atoms with Crippen molar-refractivity contribution in [2.45, 2.75) is 46.7 Å². The second kappa shape index (κ2) is 6.71. The lowest BCUT2D eigenvalue weighted by atomic mass is 9.99. The molecule has 108 valence electrons. The molecule has 1 unspecified atom stereocenters. The number of nitrogens with one attached hydrogen (secondary N) is 1. The van der Waals surface area contributed by atoms with Crippen molar-refractivity contribution in [2.24, 2.45) is 0 Å². The van der Waals surface area contributed by atoms with Gasteiger partial charge in [-0.2, -0.15) is 5.10 Å². The van der Waals surface area contributed by atoms with Gasteiger partial charge in [0.1, 0.15) is 0 Å². The van der Waals surface area contributed by atoms with E-state index in [1.807, 2.05) is 6.20 Å². The highest BCUT2D eigenvalue weighted by Crippen LogP contribution is 2.24. The zero-order valence-corrected chi connectivity index (χ0v) is 13.0. The highest BCUT2D eigenvalue weighted by Gasteiger charge is 2.17. The van der Waals surface area contributed by atoms with Crippen molar-refractivity contribution in [3.8, 4) is 0 Å². The molecule has 0 saturated heterocycles. The number of nitrogens with zero attached hydrogens (tertiary/aromatic N) is 2. The molecule has 1 atom stereocenters. The van der Waals surface area contributed by atoms with Gasteiger partial charge in [0, 0.05) is 12.7 Å². The van der Waals surface area contributed by atoms with Gasteiger partial charge < -0.3 is 5.32 Å². The SMILES string of the molecule is CCCNC(c1cc(C)cc(C)c1)c1ccnn1CC. The molecule has 0 aliphatic rings. The zero-order chi connectivity index (χ0) is 14.5. The van der Waals surface area contributed by atoms with E-state index < -0.39 is 0 Å². The number of aryl methyl sites for hydroxylation is 3. The van der Waals surface area contributed by atoms with E-state index >= 15 is 0 Å². The van der Waals surface area contributed by atoms with Crippen LogP contribution in [0, 0.1) is 13.8 Å². The summed E-state index contributed by atoms with van der Waals surface area (Å²) in [5, 5.41) is 8.07. The summed E-state index contributed by atoms with van der Waals surface area (Å²) in [6.07, 6.45) is 3.02. The monoisotopic (exact) mass is 271 g/mol. The van der Waals surface area contributed by atoms with E-state index in [9.17, 15) is 0 Å². The molecule has 0 spiro atoms. The van der Waals surface area contributed by atoms with Crippen molar-refractivity contribution < 1.29 is 0 Å².